The van der Waals surface area contributed by atoms with E-state index in [9.17, 15) is 4.79 Å². The summed E-state index contributed by atoms with van der Waals surface area (Å²) in [5.74, 6) is 0. The summed E-state index contributed by atoms with van der Waals surface area (Å²) in [6.07, 6.45) is 4.42. The third-order valence-corrected chi connectivity index (χ3v) is 5.28. The summed E-state index contributed by atoms with van der Waals surface area (Å²) in [6, 6.07) is 7.63. The Morgan fingerprint density at radius 1 is 1.46 bits per heavy atom. The van der Waals surface area contributed by atoms with Gasteiger partial charge in [0, 0.05) is 31.2 Å². The van der Waals surface area contributed by atoms with E-state index in [2.05, 4.69) is 15.4 Å². The number of benzene rings is 1. The molecule has 1 fully saturated rings. The number of hydrogen-bond acceptors (Lipinski definition) is 5. The van der Waals surface area contributed by atoms with Crippen LogP contribution in [0.4, 0.5) is 10.5 Å². The van der Waals surface area contributed by atoms with Crippen molar-refractivity contribution in [2.75, 3.05) is 25.0 Å². The first-order valence-corrected chi connectivity index (χ1v) is 9.51. The lowest BCUT2D eigenvalue weighted by atomic mass is 10.3. The summed E-state index contributed by atoms with van der Waals surface area (Å²) in [5, 5.41) is 8.24. The van der Waals surface area contributed by atoms with Gasteiger partial charge in [0.05, 0.1) is 34.4 Å². The maximum atomic E-state index is 12.7. The largest absolute Gasteiger partial charge is 0.374 e. The van der Waals surface area contributed by atoms with Crippen LogP contribution >= 0.6 is 11.3 Å². The van der Waals surface area contributed by atoms with Gasteiger partial charge in [0.2, 0.25) is 0 Å². The first-order chi connectivity index (χ1) is 12.7. The predicted molar refractivity (Wildman–Crippen MR) is 102 cm³/mol. The quantitative estimate of drug-likeness (QED) is 0.768. The van der Waals surface area contributed by atoms with Crippen LogP contribution in [0.25, 0.3) is 10.2 Å². The van der Waals surface area contributed by atoms with Crippen LogP contribution in [0.1, 0.15) is 11.4 Å². The summed E-state index contributed by atoms with van der Waals surface area (Å²) in [5.41, 5.74) is 1.68. The number of carbonyl (C=O) groups excluding carboxylic acids is 1. The van der Waals surface area contributed by atoms with Crippen molar-refractivity contribution in [1.82, 2.24) is 19.7 Å². The minimum Gasteiger partial charge on any atom is -0.374 e. The van der Waals surface area contributed by atoms with Crippen molar-refractivity contribution < 1.29 is 9.53 Å². The van der Waals surface area contributed by atoms with E-state index in [0.717, 1.165) is 27.3 Å². The highest BCUT2D eigenvalue weighted by Crippen LogP contribution is 2.24. The van der Waals surface area contributed by atoms with E-state index in [1.165, 1.54) is 0 Å². The molecule has 1 saturated heterocycles. The summed E-state index contributed by atoms with van der Waals surface area (Å²) in [7, 11) is 0. The topological polar surface area (TPSA) is 72.3 Å². The van der Waals surface area contributed by atoms with E-state index in [-0.39, 0.29) is 12.1 Å². The number of hydrogen-bond donors (Lipinski definition) is 1. The SMILES string of the molecule is Cc1nc2cc(NC(=O)N3CCCOC(Cn4cccn4)C3)ccc2s1. The molecule has 0 aliphatic carbocycles. The molecule has 0 saturated carbocycles. The van der Waals surface area contributed by atoms with E-state index < -0.39 is 0 Å². The summed E-state index contributed by atoms with van der Waals surface area (Å²) < 4.78 is 8.84. The van der Waals surface area contributed by atoms with Gasteiger partial charge in [-0.2, -0.15) is 5.10 Å². The fraction of sp³-hybridized carbons (Fsp3) is 0.389. The van der Waals surface area contributed by atoms with E-state index in [0.29, 0.717) is 26.2 Å². The predicted octanol–water partition coefficient (Wildman–Crippen LogP) is 3.12. The number of anilines is 1. The number of aryl methyl sites for hydroxylation is 1. The Morgan fingerprint density at radius 2 is 2.38 bits per heavy atom. The molecule has 3 aromatic rings. The zero-order valence-electron chi connectivity index (χ0n) is 14.6. The zero-order valence-corrected chi connectivity index (χ0v) is 15.4. The Morgan fingerprint density at radius 3 is 3.23 bits per heavy atom. The van der Waals surface area contributed by atoms with Crippen molar-refractivity contribution in [1.29, 1.82) is 0 Å². The van der Waals surface area contributed by atoms with Crippen LogP contribution in [-0.2, 0) is 11.3 Å². The number of rotatable bonds is 3. The van der Waals surface area contributed by atoms with Gasteiger partial charge in [-0.3, -0.25) is 4.68 Å². The third-order valence-electron chi connectivity index (χ3n) is 4.33. The number of amides is 2. The van der Waals surface area contributed by atoms with E-state index in [4.69, 9.17) is 4.74 Å². The molecule has 2 aromatic heterocycles. The molecule has 1 aliphatic heterocycles. The molecular weight excluding hydrogens is 350 g/mol. The molecule has 2 amide bonds. The maximum absolute atomic E-state index is 12.7. The van der Waals surface area contributed by atoms with Crippen molar-refractivity contribution in [3.05, 3.63) is 41.7 Å². The third kappa shape index (κ3) is 3.86. The molecule has 1 atom stereocenters. The molecule has 1 aliphatic rings. The summed E-state index contributed by atoms with van der Waals surface area (Å²) in [4.78, 5) is 19.0. The summed E-state index contributed by atoms with van der Waals surface area (Å²) >= 11 is 1.65. The van der Waals surface area contributed by atoms with E-state index >= 15 is 0 Å². The number of fused-ring (bicyclic) bond motifs is 1. The molecule has 26 heavy (non-hydrogen) atoms. The minimum absolute atomic E-state index is 0.0631. The molecule has 8 heteroatoms. The van der Waals surface area contributed by atoms with Gasteiger partial charge < -0.3 is 15.0 Å². The Kier molecular flexibility index (Phi) is 4.85. The fourth-order valence-electron chi connectivity index (χ4n) is 3.13. The number of urea groups is 1. The Hall–Kier alpha value is -2.45. The molecule has 1 N–H and O–H groups in total. The van der Waals surface area contributed by atoms with Crippen LogP contribution in [0, 0.1) is 6.92 Å². The second-order valence-corrected chi connectivity index (χ2v) is 7.60. The van der Waals surface area contributed by atoms with Crippen molar-refractivity contribution >= 4 is 33.3 Å². The Labute approximate surface area is 155 Å². The highest BCUT2D eigenvalue weighted by molar-refractivity contribution is 7.18. The van der Waals surface area contributed by atoms with Crippen molar-refractivity contribution in [3.8, 4) is 0 Å². The normalized spacial score (nSPS) is 18.0. The van der Waals surface area contributed by atoms with Gasteiger partial charge in [-0.1, -0.05) is 0 Å². The molecule has 1 unspecified atom stereocenters. The molecule has 136 valence electrons. The number of nitrogens with one attached hydrogen (secondary N) is 1. The zero-order chi connectivity index (χ0) is 17.9. The number of carbonyl (C=O) groups is 1. The Bertz CT molecular complexity index is 892. The maximum Gasteiger partial charge on any atom is 0.321 e. The standard InChI is InChI=1S/C18H21N5O2S/c1-13-20-16-10-14(4-5-17(16)26-13)21-18(24)22-7-3-9-25-15(11-22)12-23-8-2-6-19-23/h2,4-6,8,10,15H,3,7,9,11-12H2,1H3,(H,21,24). The van der Waals surface area contributed by atoms with Crippen LogP contribution < -0.4 is 5.32 Å². The fourth-order valence-corrected chi connectivity index (χ4v) is 3.94. The van der Waals surface area contributed by atoms with Gasteiger partial charge in [-0.05, 0) is 37.6 Å². The van der Waals surface area contributed by atoms with Gasteiger partial charge in [0.15, 0.2) is 0 Å². The first-order valence-electron chi connectivity index (χ1n) is 8.69. The van der Waals surface area contributed by atoms with Gasteiger partial charge in [0.25, 0.3) is 0 Å². The lowest BCUT2D eigenvalue weighted by Crippen LogP contribution is -2.41. The molecule has 4 rings (SSSR count). The van der Waals surface area contributed by atoms with Crippen molar-refractivity contribution in [2.45, 2.75) is 26.0 Å². The number of nitrogens with zero attached hydrogens (tertiary/aromatic N) is 4. The first kappa shape index (κ1) is 17.0. The number of aromatic nitrogens is 3. The number of ether oxygens (including phenoxy) is 1. The average molecular weight is 371 g/mol. The molecule has 1 aromatic carbocycles. The van der Waals surface area contributed by atoms with Crippen LogP contribution in [0.3, 0.4) is 0 Å². The highest BCUT2D eigenvalue weighted by Gasteiger charge is 2.23. The van der Waals surface area contributed by atoms with Crippen molar-refractivity contribution in [3.63, 3.8) is 0 Å². The monoisotopic (exact) mass is 371 g/mol. The number of thiazole rings is 1. The molecule has 0 radical (unpaired) electrons. The molecule has 7 nitrogen and oxygen atoms in total. The van der Waals surface area contributed by atoms with E-state index in [1.54, 1.807) is 17.5 Å². The van der Waals surface area contributed by atoms with Gasteiger partial charge in [-0.15, -0.1) is 11.3 Å². The summed E-state index contributed by atoms with van der Waals surface area (Å²) in [6.45, 7) is 4.50. The second kappa shape index (κ2) is 7.43. The van der Waals surface area contributed by atoms with Crippen LogP contribution in [0.2, 0.25) is 0 Å². The Balaban J connectivity index is 1.43. The lowest BCUT2D eigenvalue weighted by Gasteiger charge is -2.24. The molecule has 3 heterocycles. The van der Waals surface area contributed by atoms with Gasteiger partial charge in [-0.25, -0.2) is 9.78 Å². The van der Waals surface area contributed by atoms with E-state index in [1.807, 2.05) is 47.0 Å². The second-order valence-electron chi connectivity index (χ2n) is 6.37. The molecule has 0 bridgehead atoms. The minimum atomic E-state index is -0.104. The van der Waals surface area contributed by atoms with Gasteiger partial charge >= 0.3 is 6.03 Å². The van der Waals surface area contributed by atoms with Crippen LogP contribution in [0.5, 0.6) is 0 Å². The average Bonchev–Trinajstić information content (AvgIpc) is 3.18. The molecular formula is C18H21N5O2S. The van der Waals surface area contributed by atoms with Crippen LogP contribution in [0.15, 0.2) is 36.7 Å². The van der Waals surface area contributed by atoms with Crippen LogP contribution in [-0.4, -0.2) is 51.5 Å². The van der Waals surface area contributed by atoms with Gasteiger partial charge in [0.1, 0.15) is 0 Å². The lowest BCUT2D eigenvalue weighted by molar-refractivity contribution is 0.0442. The highest BCUT2D eigenvalue weighted by atomic mass is 32.1. The smallest absolute Gasteiger partial charge is 0.321 e. The molecule has 0 spiro atoms. The van der Waals surface area contributed by atoms with Crippen molar-refractivity contribution in [2.24, 2.45) is 0 Å².